The second kappa shape index (κ2) is 8.02. The molecule has 1 amide bonds. The molecule has 4 nitrogen and oxygen atoms in total. The SMILES string of the molecule is Cc1ccccc1CN(C)CC(=O)Nc1ccc(OC(F)(F)F)cc1. The Bertz CT molecular complexity index is 715. The van der Waals surface area contributed by atoms with Gasteiger partial charge in [0.05, 0.1) is 6.54 Å². The molecule has 0 aliphatic heterocycles. The van der Waals surface area contributed by atoms with Crippen molar-refractivity contribution in [1.82, 2.24) is 4.90 Å². The number of nitrogens with one attached hydrogen (secondary N) is 1. The van der Waals surface area contributed by atoms with Crippen LogP contribution in [0.4, 0.5) is 18.9 Å². The van der Waals surface area contributed by atoms with E-state index in [0.29, 0.717) is 12.2 Å². The second-order valence-electron chi connectivity index (χ2n) is 5.72. The molecular formula is C18H19F3N2O2. The number of rotatable bonds is 6. The number of ether oxygens (including phenoxy) is 1. The molecule has 2 rings (SSSR count). The van der Waals surface area contributed by atoms with Gasteiger partial charge in [-0.05, 0) is 49.4 Å². The van der Waals surface area contributed by atoms with Gasteiger partial charge in [0, 0.05) is 12.2 Å². The normalized spacial score (nSPS) is 11.4. The van der Waals surface area contributed by atoms with Gasteiger partial charge in [-0.1, -0.05) is 24.3 Å². The van der Waals surface area contributed by atoms with Crippen LogP contribution in [0.2, 0.25) is 0 Å². The number of amides is 1. The smallest absolute Gasteiger partial charge is 0.406 e. The highest BCUT2D eigenvalue weighted by Crippen LogP contribution is 2.23. The standard InChI is InChI=1S/C18H19F3N2O2/c1-13-5-3-4-6-14(13)11-23(2)12-17(24)22-15-7-9-16(10-8-15)25-18(19,20)21/h3-10H,11-12H2,1-2H3,(H,22,24). The van der Waals surface area contributed by atoms with Crippen molar-refractivity contribution >= 4 is 11.6 Å². The summed E-state index contributed by atoms with van der Waals surface area (Å²) >= 11 is 0. The Hall–Kier alpha value is -2.54. The van der Waals surface area contributed by atoms with Gasteiger partial charge in [-0.25, -0.2) is 0 Å². The minimum absolute atomic E-state index is 0.162. The predicted octanol–water partition coefficient (Wildman–Crippen LogP) is 3.96. The summed E-state index contributed by atoms with van der Waals surface area (Å²) in [7, 11) is 1.83. The Morgan fingerprint density at radius 2 is 1.76 bits per heavy atom. The molecule has 0 heterocycles. The number of alkyl halides is 3. The van der Waals surface area contributed by atoms with Crippen LogP contribution < -0.4 is 10.1 Å². The number of halogens is 3. The molecular weight excluding hydrogens is 333 g/mol. The van der Waals surface area contributed by atoms with Crippen molar-refractivity contribution in [3.05, 3.63) is 59.7 Å². The molecule has 2 aromatic rings. The first kappa shape index (κ1) is 18.8. The summed E-state index contributed by atoms with van der Waals surface area (Å²) < 4.78 is 40.1. The molecule has 0 spiro atoms. The zero-order valence-corrected chi connectivity index (χ0v) is 13.9. The van der Waals surface area contributed by atoms with Crippen LogP contribution in [0, 0.1) is 6.92 Å². The molecule has 134 valence electrons. The zero-order valence-electron chi connectivity index (χ0n) is 13.9. The van der Waals surface area contributed by atoms with E-state index >= 15 is 0 Å². The van der Waals surface area contributed by atoms with Crippen molar-refractivity contribution in [2.24, 2.45) is 0 Å². The summed E-state index contributed by atoms with van der Waals surface area (Å²) in [5, 5.41) is 2.65. The Balaban J connectivity index is 1.86. The van der Waals surface area contributed by atoms with Crippen molar-refractivity contribution in [3.63, 3.8) is 0 Å². The minimum Gasteiger partial charge on any atom is -0.406 e. The summed E-state index contributed by atoms with van der Waals surface area (Å²) in [5.74, 6) is -0.581. The summed E-state index contributed by atoms with van der Waals surface area (Å²) in [5.41, 5.74) is 2.69. The second-order valence-corrected chi connectivity index (χ2v) is 5.72. The Morgan fingerprint density at radius 1 is 1.12 bits per heavy atom. The number of likely N-dealkylation sites (N-methyl/N-ethyl adjacent to an activating group) is 1. The number of hydrogen-bond donors (Lipinski definition) is 1. The van der Waals surface area contributed by atoms with Crippen molar-refractivity contribution in [1.29, 1.82) is 0 Å². The first-order chi connectivity index (χ1) is 11.7. The maximum Gasteiger partial charge on any atom is 0.573 e. The number of nitrogens with zero attached hydrogens (tertiary/aromatic N) is 1. The maximum absolute atomic E-state index is 12.1. The molecule has 0 aliphatic carbocycles. The maximum atomic E-state index is 12.1. The topological polar surface area (TPSA) is 41.6 Å². The number of carbonyl (C=O) groups excluding carboxylic acids is 1. The lowest BCUT2D eigenvalue weighted by atomic mass is 10.1. The fraction of sp³-hybridized carbons (Fsp3) is 0.278. The van der Waals surface area contributed by atoms with Crippen molar-refractivity contribution in [2.45, 2.75) is 19.8 Å². The van der Waals surface area contributed by atoms with Gasteiger partial charge in [-0.15, -0.1) is 13.2 Å². The summed E-state index contributed by atoms with van der Waals surface area (Å²) in [6.07, 6.45) is -4.73. The van der Waals surface area contributed by atoms with Crippen LogP contribution in [0.3, 0.4) is 0 Å². The van der Waals surface area contributed by atoms with Gasteiger partial charge >= 0.3 is 6.36 Å². The highest BCUT2D eigenvalue weighted by atomic mass is 19.4. The van der Waals surface area contributed by atoms with Crippen molar-refractivity contribution in [2.75, 3.05) is 18.9 Å². The van der Waals surface area contributed by atoms with E-state index in [1.54, 1.807) is 0 Å². The number of anilines is 1. The third-order valence-electron chi connectivity index (χ3n) is 3.49. The Labute approximate surface area is 144 Å². The van der Waals surface area contributed by atoms with E-state index < -0.39 is 6.36 Å². The van der Waals surface area contributed by atoms with Gasteiger partial charge in [-0.2, -0.15) is 0 Å². The minimum atomic E-state index is -4.73. The summed E-state index contributed by atoms with van der Waals surface area (Å²) in [6.45, 7) is 2.79. The number of benzene rings is 2. The summed E-state index contributed by atoms with van der Waals surface area (Å²) in [6, 6.07) is 12.9. The van der Waals surface area contributed by atoms with Crippen LogP contribution >= 0.6 is 0 Å². The molecule has 0 fully saturated rings. The van der Waals surface area contributed by atoms with Gasteiger partial charge in [0.1, 0.15) is 5.75 Å². The Kier molecular flexibility index (Phi) is 6.03. The zero-order chi connectivity index (χ0) is 18.4. The fourth-order valence-corrected chi connectivity index (χ4v) is 2.32. The van der Waals surface area contributed by atoms with Crippen LogP contribution in [-0.4, -0.2) is 30.8 Å². The van der Waals surface area contributed by atoms with E-state index in [9.17, 15) is 18.0 Å². The van der Waals surface area contributed by atoms with E-state index in [4.69, 9.17) is 0 Å². The molecule has 2 aromatic carbocycles. The predicted molar refractivity (Wildman–Crippen MR) is 89.3 cm³/mol. The van der Waals surface area contributed by atoms with Crippen LogP contribution in [0.5, 0.6) is 5.75 Å². The molecule has 0 aliphatic rings. The first-order valence-electron chi connectivity index (χ1n) is 7.61. The van der Waals surface area contributed by atoms with Gasteiger partial charge in [0.2, 0.25) is 5.91 Å². The lowest BCUT2D eigenvalue weighted by Gasteiger charge is -2.17. The fourth-order valence-electron chi connectivity index (χ4n) is 2.32. The molecule has 0 unspecified atom stereocenters. The van der Waals surface area contributed by atoms with Gasteiger partial charge < -0.3 is 10.1 Å². The van der Waals surface area contributed by atoms with E-state index in [-0.39, 0.29) is 18.2 Å². The molecule has 25 heavy (non-hydrogen) atoms. The van der Waals surface area contributed by atoms with E-state index in [1.807, 2.05) is 43.1 Å². The van der Waals surface area contributed by atoms with E-state index in [2.05, 4.69) is 10.1 Å². The molecule has 0 aromatic heterocycles. The van der Waals surface area contributed by atoms with Gasteiger partial charge in [0.25, 0.3) is 0 Å². The Morgan fingerprint density at radius 3 is 2.36 bits per heavy atom. The van der Waals surface area contributed by atoms with Crippen LogP contribution in [-0.2, 0) is 11.3 Å². The molecule has 1 N–H and O–H groups in total. The van der Waals surface area contributed by atoms with Crippen molar-refractivity contribution < 1.29 is 22.7 Å². The third kappa shape index (κ3) is 6.46. The number of hydrogen-bond acceptors (Lipinski definition) is 3. The molecule has 0 saturated heterocycles. The third-order valence-corrected chi connectivity index (χ3v) is 3.49. The van der Waals surface area contributed by atoms with Crippen molar-refractivity contribution in [3.8, 4) is 5.75 Å². The average Bonchev–Trinajstić information content (AvgIpc) is 2.50. The molecule has 0 saturated carbocycles. The highest BCUT2D eigenvalue weighted by Gasteiger charge is 2.30. The number of carbonyl (C=O) groups is 1. The lowest BCUT2D eigenvalue weighted by molar-refractivity contribution is -0.274. The molecule has 0 radical (unpaired) electrons. The molecule has 0 atom stereocenters. The van der Waals surface area contributed by atoms with E-state index in [1.165, 1.54) is 12.1 Å². The number of aryl methyl sites for hydroxylation is 1. The molecule has 7 heteroatoms. The molecule has 0 bridgehead atoms. The summed E-state index contributed by atoms with van der Waals surface area (Å²) in [4.78, 5) is 13.9. The van der Waals surface area contributed by atoms with Gasteiger partial charge in [0.15, 0.2) is 0 Å². The average molecular weight is 352 g/mol. The highest BCUT2D eigenvalue weighted by molar-refractivity contribution is 5.92. The van der Waals surface area contributed by atoms with Crippen LogP contribution in [0.25, 0.3) is 0 Å². The quantitative estimate of drug-likeness (QED) is 0.855. The monoisotopic (exact) mass is 352 g/mol. The van der Waals surface area contributed by atoms with Crippen LogP contribution in [0.15, 0.2) is 48.5 Å². The van der Waals surface area contributed by atoms with Crippen LogP contribution in [0.1, 0.15) is 11.1 Å². The lowest BCUT2D eigenvalue weighted by Crippen LogP contribution is -2.30. The largest absolute Gasteiger partial charge is 0.573 e. The first-order valence-corrected chi connectivity index (χ1v) is 7.61. The van der Waals surface area contributed by atoms with Gasteiger partial charge in [-0.3, -0.25) is 9.69 Å². The van der Waals surface area contributed by atoms with E-state index in [0.717, 1.165) is 23.3 Å².